The lowest BCUT2D eigenvalue weighted by Gasteiger charge is -2.40. The molecule has 2 heterocycles. The van der Waals surface area contributed by atoms with Crippen LogP contribution in [0, 0.1) is 6.92 Å². The van der Waals surface area contributed by atoms with Gasteiger partial charge in [-0.05, 0) is 47.6 Å². The van der Waals surface area contributed by atoms with Crippen LogP contribution in [0.2, 0.25) is 0 Å². The normalized spacial score (nSPS) is 18.9. The van der Waals surface area contributed by atoms with Crippen molar-refractivity contribution in [2.45, 2.75) is 59.2 Å². The molecule has 0 atom stereocenters. The second kappa shape index (κ2) is 5.93. The molecule has 0 bridgehead atoms. The zero-order chi connectivity index (χ0) is 15.7. The summed E-state index contributed by atoms with van der Waals surface area (Å²) in [5.41, 5.74) is 3.62. The predicted octanol–water partition coefficient (Wildman–Crippen LogP) is 2.89. The highest BCUT2D eigenvalue weighted by molar-refractivity contribution is 5.54. The van der Waals surface area contributed by atoms with Crippen molar-refractivity contribution in [3.05, 3.63) is 23.5 Å². The Balaban J connectivity index is 2.22. The minimum absolute atomic E-state index is 0.0931. The number of hydrogen-bond acceptors (Lipinski definition) is 4. The summed E-state index contributed by atoms with van der Waals surface area (Å²) in [6.07, 6.45) is 2.01. The molecule has 0 unspecified atom stereocenters. The topological polar surface area (TPSA) is 37.4 Å². The van der Waals surface area contributed by atoms with Crippen LogP contribution >= 0.6 is 0 Å². The lowest BCUT2D eigenvalue weighted by atomic mass is 10.0. The fourth-order valence-electron chi connectivity index (χ4n) is 2.59. The van der Waals surface area contributed by atoms with Gasteiger partial charge in [0.05, 0.1) is 12.2 Å². The van der Waals surface area contributed by atoms with Crippen LogP contribution < -0.4 is 10.2 Å². The van der Waals surface area contributed by atoms with Crippen molar-refractivity contribution in [3.63, 3.8) is 0 Å². The van der Waals surface area contributed by atoms with E-state index in [9.17, 15) is 0 Å². The first-order chi connectivity index (χ1) is 9.66. The van der Waals surface area contributed by atoms with Gasteiger partial charge in [0.2, 0.25) is 0 Å². The molecule has 0 spiro atoms. The molecule has 1 aromatic rings. The van der Waals surface area contributed by atoms with E-state index >= 15 is 0 Å². The summed E-state index contributed by atoms with van der Waals surface area (Å²) >= 11 is 0. The lowest BCUT2D eigenvalue weighted by Crippen LogP contribution is -2.49. The van der Waals surface area contributed by atoms with Gasteiger partial charge in [-0.1, -0.05) is 0 Å². The Morgan fingerprint density at radius 3 is 2.71 bits per heavy atom. The Kier molecular flexibility index (Phi) is 4.59. The molecule has 4 nitrogen and oxygen atoms in total. The number of ether oxygens (including phenoxy) is 1. The zero-order valence-electron chi connectivity index (χ0n) is 14.3. The van der Waals surface area contributed by atoms with E-state index in [4.69, 9.17) is 4.74 Å². The maximum atomic E-state index is 5.83. The van der Waals surface area contributed by atoms with Crippen LogP contribution in [0.15, 0.2) is 12.3 Å². The zero-order valence-corrected chi connectivity index (χ0v) is 14.3. The van der Waals surface area contributed by atoms with Crippen molar-refractivity contribution in [2.24, 2.45) is 0 Å². The molecular formula is C17H29N3O. The Hall–Kier alpha value is -1.13. The van der Waals surface area contributed by atoms with Crippen molar-refractivity contribution < 1.29 is 4.74 Å². The van der Waals surface area contributed by atoms with Gasteiger partial charge in [-0.15, -0.1) is 0 Å². The molecule has 1 N–H and O–H groups in total. The van der Waals surface area contributed by atoms with Crippen LogP contribution in [0.3, 0.4) is 0 Å². The fourth-order valence-corrected chi connectivity index (χ4v) is 2.59. The van der Waals surface area contributed by atoms with Gasteiger partial charge in [-0.25, -0.2) is 0 Å². The number of anilines is 1. The Morgan fingerprint density at radius 1 is 1.38 bits per heavy atom. The van der Waals surface area contributed by atoms with Crippen molar-refractivity contribution in [2.75, 3.05) is 24.6 Å². The summed E-state index contributed by atoms with van der Waals surface area (Å²) in [4.78, 5) is 6.90. The Morgan fingerprint density at radius 2 is 2.10 bits per heavy atom. The first-order valence-electron chi connectivity index (χ1n) is 7.76. The van der Waals surface area contributed by atoms with Gasteiger partial charge >= 0.3 is 0 Å². The van der Waals surface area contributed by atoms with E-state index < -0.39 is 0 Å². The molecule has 1 aliphatic rings. The molecule has 21 heavy (non-hydrogen) atoms. The molecule has 0 saturated carbocycles. The molecule has 0 aromatic carbocycles. The number of nitrogens with one attached hydrogen (secondary N) is 1. The van der Waals surface area contributed by atoms with E-state index in [0.717, 1.165) is 31.9 Å². The number of nitrogens with zero attached hydrogens (tertiary/aromatic N) is 2. The first-order valence-corrected chi connectivity index (χ1v) is 7.76. The molecule has 1 aromatic heterocycles. The average molecular weight is 291 g/mol. The van der Waals surface area contributed by atoms with Crippen LogP contribution in [0.25, 0.3) is 0 Å². The van der Waals surface area contributed by atoms with Gasteiger partial charge in [0, 0.05) is 48.3 Å². The molecule has 0 aliphatic carbocycles. The summed E-state index contributed by atoms with van der Waals surface area (Å²) in [7, 11) is 0. The summed E-state index contributed by atoms with van der Waals surface area (Å²) in [6.45, 7) is 16.4. The monoisotopic (exact) mass is 291 g/mol. The standard InChI is InChI=1S/C17H29N3O/c1-13-9-15(20-7-8-21-17(5,6)12-20)14(10-18-13)11-19-16(2,3)4/h9-10,19H,7-8,11-12H2,1-6H3. The molecule has 118 valence electrons. The van der Waals surface area contributed by atoms with E-state index in [0.29, 0.717) is 0 Å². The van der Waals surface area contributed by atoms with Crippen LogP contribution in [0.4, 0.5) is 5.69 Å². The average Bonchev–Trinajstić information content (AvgIpc) is 2.35. The highest BCUT2D eigenvalue weighted by Gasteiger charge is 2.28. The molecular weight excluding hydrogens is 262 g/mol. The van der Waals surface area contributed by atoms with Crippen molar-refractivity contribution in [1.29, 1.82) is 0 Å². The van der Waals surface area contributed by atoms with Gasteiger partial charge in [-0.2, -0.15) is 0 Å². The SMILES string of the molecule is Cc1cc(N2CCOC(C)(C)C2)c(CNC(C)(C)C)cn1. The van der Waals surface area contributed by atoms with Crippen molar-refractivity contribution >= 4 is 5.69 Å². The summed E-state index contributed by atoms with van der Waals surface area (Å²) in [6, 6.07) is 2.20. The summed E-state index contributed by atoms with van der Waals surface area (Å²) in [5.74, 6) is 0. The van der Waals surface area contributed by atoms with Gasteiger partial charge in [0.1, 0.15) is 0 Å². The Labute approximate surface area is 128 Å². The third-order valence-corrected chi connectivity index (χ3v) is 3.67. The van der Waals surface area contributed by atoms with Crippen LogP contribution in [0.1, 0.15) is 45.9 Å². The van der Waals surface area contributed by atoms with Crippen LogP contribution in [-0.2, 0) is 11.3 Å². The van der Waals surface area contributed by atoms with Crippen LogP contribution in [-0.4, -0.2) is 35.8 Å². The highest BCUT2D eigenvalue weighted by atomic mass is 16.5. The maximum Gasteiger partial charge on any atom is 0.0801 e. The van der Waals surface area contributed by atoms with Gasteiger partial charge in [-0.3, -0.25) is 4.98 Å². The summed E-state index contributed by atoms with van der Waals surface area (Å²) in [5, 5.41) is 3.56. The minimum atomic E-state index is -0.0931. The summed E-state index contributed by atoms with van der Waals surface area (Å²) < 4.78 is 5.83. The molecule has 2 rings (SSSR count). The molecule has 1 fully saturated rings. The van der Waals surface area contributed by atoms with E-state index in [1.807, 2.05) is 6.20 Å². The third-order valence-electron chi connectivity index (χ3n) is 3.67. The molecule has 1 saturated heterocycles. The van der Waals surface area contributed by atoms with E-state index in [-0.39, 0.29) is 11.1 Å². The third kappa shape index (κ3) is 4.68. The lowest BCUT2D eigenvalue weighted by molar-refractivity contribution is -0.0277. The quantitative estimate of drug-likeness (QED) is 0.929. The first kappa shape index (κ1) is 16.2. The number of hydrogen-bond donors (Lipinski definition) is 1. The maximum absolute atomic E-state index is 5.83. The molecule has 0 amide bonds. The molecule has 4 heteroatoms. The number of morpholine rings is 1. The molecule has 0 radical (unpaired) electrons. The van der Waals surface area contributed by atoms with Gasteiger partial charge in [0.15, 0.2) is 0 Å². The number of aryl methyl sites for hydroxylation is 1. The van der Waals surface area contributed by atoms with Gasteiger partial charge < -0.3 is 15.0 Å². The Bertz CT molecular complexity index is 491. The van der Waals surface area contributed by atoms with E-state index in [2.05, 4.69) is 62.8 Å². The fraction of sp³-hybridized carbons (Fsp3) is 0.706. The van der Waals surface area contributed by atoms with E-state index in [1.165, 1.54) is 11.3 Å². The van der Waals surface area contributed by atoms with Crippen molar-refractivity contribution in [3.8, 4) is 0 Å². The predicted molar refractivity (Wildman–Crippen MR) is 87.8 cm³/mol. The van der Waals surface area contributed by atoms with Crippen LogP contribution in [0.5, 0.6) is 0 Å². The van der Waals surface area contributed by atoms with E-state index in [1.54, 1.807) is 0 Å². The van der Waals surface area contributed by atoms with Crippen molar-refractivity contribution in [1.82, 2.24) is 10.3 Å². The number of rotatable bonds is 3. The van der Waals surface area contributed by atoms with Gasteiger partial charge in [0.25, 0.3) is 0 Å². The number of aromatic nitrogens is 1. The molecule has 1 aliphatic heterocycles. The highest BCUT2D eigenvalue weighted by Crippen LogP contribution is 2.27. The largest absolute Gasteiger partial charge is 0.372 e. The number of pyridine rings is 1. The second-order valence-electron chi connectivity index (χ2n) is 7.59. The smallest absolute Gasteiger partial charge is 0.0801 e. The second-order valence-corrected chi connectivity index (χ2v) is 7.59. The minimum Gasteiger partial charge on any atom is -0.372 e.